The maximum Gasteiger partial charge on any atom is 0.407 e. The molecule has 3 aromatic rings. The van der Waals surface area contributed by atoms with Crippen LogP contribution in [0.15, 0.2) is 35.3 Å². The van der Waals surface area contributed by atoms with Crippen LogP contribution in [-0.4, -0.2) is 51.7 Å². The van der Waals surface area contributed by atoms with Gasteiger partial charge in [0.15, 0.2) is 0 Å². The van der Waals surface area contributed by atoms with Crippen LogP contribution >= 0.6 is 15.9 Å². The van der Waals surface area contributed by atoms with Gasteiger partial charge in [-0.25, -0.2) is 9.78 Å². The van der Waals surface area contributed by atoms with E-state index in [9.17, 15) is 9.59 Å². The number of amides is 2. The smallest absolute Gasteiger partial charge is 0.407 e. The Labute approximate surface area is 206 Å². The SMILES string of the molecule is Cc1cncc(C(=O)Nc2c[nH]c3ncc(Br)c(N4CCC[C@@H](NC(=O)OC(C)(C)C)C4)c23)c1. The number of aryl methyl sites for hydroxylation is 1. The number of alkyl carbamates (subject to hydrolysis) is 1. The summed E-state index contributed by atoms with van der Waals surface area (Å²) in [5.41, 5.74) is 3.06. The first-order valence-corrected chi connectivity index (χ1v) is 12.0. The number of H-pyrrole nitrogens is 1. The number of aromatic amines is 1. The fraction of sp³-hybridized carbons (Fsp3) is 0.417. The molecule has 9 nitrogen and oxygen atoms in total. The number of piperidine rings is 1. The Morgan fingerprint density at radius 2 is 2.06 bits per heavy atom. The van der Waals surface area contributed by atoms with Gasteiger partial charge in [-0.1, -0.05) is 0 Å². The third-order valence-electron chi connectivity index (χ3n) is 5.47. The molecule has 4 rings (SSSR count). The highest BCUT2D eigenvalue weighted by Gasteiger charge is 2.27. The molecule has 3 aromatic heterocycles. The third kappa shape index (κ3) is 5.49. The molecule has 3 N–H and O–H groups in total. The van der Waals surface area contributed by atoms with Crippen molar-refractivity contribution in [1.29, 1.82) is 0 Å². The van der Waals surface area contributed by atoms with Gasteiger partial charge in [0.2, 0.25) is 0 Å². The lowest BCUT2D eigenvalue weighted by Crippen LogP contribution is -2.49. The van der Waals surface area contributed by atoms with E-state index in [1.165, 1.54) is 0 Å². The molecular formula is C24H29BrN6O3. The van der Waals surface area contributed by atoms with Gasteiger partial charge in [0, 0.05) is 43.9 Å². The van der Waals surface area contributed by atoms with Crippen molar-refractivity contribution in [3.8, 4) is 0 Å². The maximum atomic E-state index is 12.9. The minimum Gasteiger partial charge on any atom is -0.444 e. The zero-order chi connectivity index (χ0) is 24.5. The van der Waals surface area contributed by atoms with Crippen LogP contribution in [0.4, 0.5) is 16.2 Å². The van der Waals surface area contributed by atoms with Crippen molar-refractivity contribution in [2.24, 2.45) is 0 Å². The average Bonchev–Trinajstić information content (AvgIpc) is 3.15. The molecule has 10 heteroatoms. The zero-order valence-corrected chi connectivity index (χ0v) is 21.3. The number of pyridine rings is 2. The Balaban J connectivity index is 1.60. The summed E-state index contributed by atoms with van der Waals surface area (Å²) in [6.45, 7) is 8.85. The highest BCUT2D eigenvalue weighted by molar-refractivity contribution is 9.10. The highest BCUT2D eigenvalue weighted by atomic mass is 79.9. The van der Waals surface area contributed by atoms with E-state index in [1.54, 1.807) is 30.9 Å². The summed E-state index contributed by atoms with van der Waals surface area (Å²) < 4.78 is 6.24. The van der Waals surface area contributed by atoms with Gasteiger partial charge >= 0.3 is 6.09 Å². The number of rotatable bonds is 4. The summed E-state index contributed by atoms with van der Waals surface area (Å²) >= 11 is 3.65. The lowest BCUT2D eigenvalue weighted by Gasteiger charge is -2.36. The summed E-state index contributed by atoms with van der Waals surface area (Å²) in [5.74, 6) is -0.244. The molecule has 1 saturated heterocycles. The van der Waals surface area contributed by atoms with Gasteiger partial charge in [0.25, 0.3) is 5.91 Å². The second kappa shape index (κ2) is 9.61. The lowest BCUT2D eigenvalue weighted by molar-refractivity contribution is 0.0500. The summed E-state index contributed by atoms with van der Waals surface area (Å²) in [7, 11) is 0. The van der Waals surface area contributed by atoms with Gasteiger partial charge in [-0.2, -0.15) is 0 Å². The van der Waals surface area contributed by atoms with Crippen molar-refractivity contribution >= 4 is 50.3 Å². The zero-order valence-electron chi connectivity index (χ0n) is 19.7. The number of ether oxygens (including phenoxy) is 1. The Morgan fingerprint density at radius 3 is 2.79 bits per heavy atom. The lowest BCUT2D eigenvalue weighted by atomic mass is 10.0. The number of nitrogens with one attached hydrogen (secondary N) is 3. The van der Waals surface area contributed by atoms with Crippen LogP contribution in [0.2, 0.25) is 0 Å². The van der Waals surface area contributed by atoms with Crippen LogP contribution in [0.1, 0.15) is 49.5 Å². The van der Waals surface area contributed by atoms with Crippen LogP contribution in [-0.2, 0) is 4.74 Å². The second-order valence-electron chi connectivity index (χ2n) is 9.52. The van der Waals surface area contributed by atoms with E-state index in [1.807, 2.05) is 27.7 Å². The number of carbonyl (C=O) groups excluding carboxylic acids is 2. The Kier molecular flexibility index (Phi) is 6.79. The van der Waals surface area contributed by atoms with Gasteiger partial charge in [-0.3, -0.25) is 9.78 Å². The van der Waals surface area contributed by atoms with E-state index in [2.05, 4.69) is 46.4 Å². The summed E-state index contributed by atoms with van der Waals surface area (Å²) in [5, 5.41) is 6.80. The predicted molar refractivity (Wildman–Crippen MR) is 135 cm³/mol. The maximum absolute atomic E-state index is 12.9. The second-order valence-corrected chi connectivity index (χ2v) is 10.4. The number of fused-ring (bicyclic) bond motifs is 1. The first-order chi connectivity index (χ1) is 16.1. The molecule has 1 aliphatic heterocycles. The quantitative estimate of drug-likeness (QED) is 0.449. The van der Waals surface area contributed by atoms with Crippen molar-refractivity contribution in [2.75, 3.05) is 23.3 Å². The van der Waals surface area contributed by atoms with E-state index in [-0.39, 0.29) is 11.9 Å². The molecule has 34 heavy (non-hydrogen) atoms. The fourth-order valence-corrected chi connectivity index (χ4v) is 4.66. The number of hydrogen-bond donors (Lipinski definition) is 3. The van der Waals surface area contributed by atoms with Gasteiger partial charge in [0.05, 0.1) is 26.8 Å². The number of nitrogens with zero attached hydrogens (tertiary/aromatic N) is 3. The van der Waals surface area contributed by atoms with Gasteiger partial charge in [-0.05, 0) is 68.1 Å². The summed E-state index contributed by atoms with van der Waals surface area (Å²) in [4.78, 5) is 39.2. The van der Waals surface area contributed by atoms with Crippen LogP contribution in [0.25, 0.3) is 11.0 Å². The van der Waals surface area contributed by atoms with Crippen molar-refractivity contribution < 1.29 is 14.3 Å². The average molecular weight is 529 g/mol. The van der Waals surface area contributed by atoms with E-state index in [0.717, 1.165) is 40.5 Å². The monoisotopic (exact) mass is 528 g/mol. The molecule has 0 saturated carbocycles. The highest BCUT2D eigenvalue weighted by Crippen LogP contribution is 2.39. The molecule has 2 amide bonds. The Hall–Kier alpha value is -3.14. The molecular weight excluding hydrogens is 500 g/mol. The molecule has 0 unspecified atom stereocenters. The molecule has 0 aromatic carbocycles. The van der Waals surface area contributed by atoms with Gasteiger partial charge in [0.1, 0.15) is 11.2 Å². The minimum absolute atomic E-state index is 0.0610. The molecule has 0 bridgehead atoms. The topological polar surface area (TPSA) is 112 Å². The number of aromatic nitrogens is 3. The van der Waals surface area contributed by atoms with Crippen LogP contribution in [0.5, 0.6) is 0 Å². The summed E-state index contributed by atoms with van der Waals surface area (Å²) in [6.07, 6.45) is 8.09. The van der Waals surface area contributed by atoms with Crippen molar-refractivity contribution in [2.45, 2.75) is 52.2 Å². The number of anilines is 2. The van der Waals surface area contributed by atoms with Crippen molar-refractivity contribution in [3.63, 3.8) is 0 Å². The van der Waals surface area contributed by atoms with E-state index >= 15 is 0 Å². The molecule has 1 atom stereocenters. The largest absolute Gasteiger partial charge is 0.444 e. The van der Waals surface area contributed by atoms with Gasteiger partial charge < -0.3 is 25.3 Å². The molecule has 1 fully saturated rings. The molecule has 180 valence electrons. The first-order valence-electron chi connectivity index (χ1n) is 11.2. The standard InChI is InChI=1S/C24H29BrN6O3/c1-14-8-15(10-26-9-14)22(32)30-18-12-28-21-19(18)20(17(25)11-27-21)31-7-5-6-16(13-31)29-23(33)34-24(2,3)4/h8-12,16H,5-7,13H2,1-4H3,(H,27,28)(H,29,33)(H,30,32)/t16-/m1/s1. The number of carbonyl (C=O) groups is 2. The molecule has 0 radical (unpaired) electrons. The number of hydrogen-bond acceptors (Lipinski definition) is 6. The molecule has 4 heterocycles. The third-order valence-corrected chi connectivity index (χ3v) is 6.05. The first kappa shape index (κ1) is 24.0. The van der Waals surface area contributed by atoms with Crippen LogP contribution in [0, 0.1) is 6.92 Å². The Bertz CT molecular complexity index is 1220. The van der Waals surface area contributed by atoms with Crippen molar-refractivity contribution in [3.05, 3.63) is 46.5 Å². The fourth-order valence-electron chi connectivity index (χ4n) is 4.11. The molecule has 0 spiro atoms. The Morgan fingerprint density at radius 1 is 1.26 bits per heavy atom. The summed E-state index contributed by atoms with van der Waals surface area (Å²) in [6, 6.07) is 1.73. The van der Waals surface area contributed by atoms with E-state index in [0.29, 0.717) is 23.4 Å². The van der Waals surface area contributed by atoms with Crippen molar-refractivity contribution in [1.82, 2.24) is 20.3 Å². The van der Waals surface area contributed by atoms with Crippen LogP contribution in [0.3, 0.4) is 0 Å². The number of halogens is 1. The van der Waals surface area contributed by atoms with Crippen LogP contribution < -0.4 is 15.5 Å². The van der Waals surface area contributed by atoms with E-state index in [4.69, 9.17) is 4.74 Å². The predicted octanol–water partition coefficient (Wildman–Crippen LogP) is 4.77. The van der Waals surface area contributed by atoms with E-state index < -0.39 is 11.7 Å². The molecule has 1 aliphatic rings. The van der Waals surface area contributed by atoms with Gasteiger partial charge in [-0.15, -0.1) is 0 Å². The normalized spacial score (nSPS) is 16.4. The minimum atomic E-state index is -0.552. The molecule has 0 aliphatic carbocycles.